The van der Waals surface area contributed by atoms with Crippen molar-refractivity contribution in [3.8, 4) is 17.0 Å². The van der Waals surface area contributed by atoms with E-state index in [1.165, 1.54) is 0 Å². The van der Waals surface area contributed by atoms with Gasteiger partial charge in [0.15, 0.2) is 0 Å². The fourth-order valence-electron chi connectivity index (χ4n) is 1.89. The van der Waals surface area contributed by atoms with Gasteiger partial charge >= 0.3 is 0 Å². The summed E-state index contributed by atoms with van der Waals surface area (Å²) in [4.78, 5) is 8.88. The molecule has 0 bridgehead atoms. The van der Waals surface area contributed by atoms with Crippen molar-refractivity contribution in [2.24, 2.45) is 5.73 Å². The number of halogens is 1. The van der Waals surface area contributed by atoms with E-state index in [0.717, 1.165) is 28.5 Å². The lowest BCUT2D eigenvalue weighted by Gasteiger charge is -2.10. The second-order valence-electron chi connectivity index (χ2n) is 4.19. The van der Waals surface area contributed by atoms with Crippen LogP contribution in [0, 0.1) is 6.92 Å². The maximum absolute atomic E-state index is 6.05. The minimum Gasteiger partial charge on any atom is -0.496 e. The first-order valence-corrected chi connectivity index (χ1v) is 6.40. The van der Waals surface area contributed by atoms with Gasteiger partial charge in [0, 0.05) is 22.7 Å². The number of rotatable bonds is 4. The largest absolute Gasteiger partial charge is 0.496 e. The molecule has 0 radical (unpaired) electrons. The summed E-state index contributed by atoms with van der Waals surface area (Å²) in [6, 6.07) is 7.37. The molecular weight excluding hydrogens is 262 g/mol. The molecule has 19 heavy (non-hydrogen) atoms. The molecular formula is C14H16ClN3O. The molecule has 0 atom stereocenters. The number of nitrogens with two attached hydrogens (primary N) is 1. The van der Waals surface area contributed by atoms with Crippen molar-refractivity contribution < 1.29 is 4.74 Å². The van der Waals surface area contributed by atoms with Crippen molar-refractivity contribution in [3.63, 3.8) is 0 Å². The zero-order chi connectivity index (χ0) is 13.8. The van der Waals surface area contributed by atoms with Gasteiger partial charge in [-0.25, -0.2) is 9.97 Å². The van der Waals surface area contributed by atoms with E-state index in [1.807, 2.05) is 25.1 Å². The van der Waals surface area contributed by atoms with E-state index in [4.69, 9.17) is 22.1 Å². The standard InChI is InChI=1S/C14H16ClN3O/c1-9-7-12(18-14(17-9)5-6-16)11-8-10(15)3-4-13(11)19-2/h3-4,7-8H,5-6,16H2,1-2H3. The average molecular weight is 278 g/mol. The molecule has 100 valence electrons. The number of aryl methyl sites for hydroxylation is 1. The zero-order valence-electron chi connectivity index (χ0n) is 11.0. The van der Waals surface area contributed by atoms with Crippen molar-refractivity contribution >= 4 is 11.6 Å². The minimum absolute atomic E-state index is 0.523. The highest BCUT2D eigenvalue weighted by Crippen LogP contribution is 2.31. The summed E-state index contributed by atoms with van der Waals surface area (Å²) < 4.78 is 5.35. The van der Waals surface area contributed by atoms with E-state index in [0.29, 0.717) is 18.0 Å². The molecule has 2 rings (SSSR count). The van der Waals surface area contributed by atoms with Gasteiger partial charge in [-0.05, 0) is 37.7 Å². The van der Waals surface area contributed by atoms with Crippen LogP contribution in [0.1, 0.15) is 11.5 Å². The Morgan fingerprint density at radius 2 is 2.05 bits per heavy atom. The summed E-state index contributed by atoms with van der Waals surface area (Å²) in [5.41, 5.74) is 8.11. The SMILES string of the molecule is COc1ccc(Cl)cc1-c1cc(C)nc(CCN)n1. The number of nitrogens with zero attached hydrogens (tertiary/aromatic N) is 2. The molecule has 0 aliphatic heterocycles. The summed E-state index contributed by atoms with van der Waals surface area (Å²) >= 11 is 6.05. The van der Waals surface area contributed by atoms with Crippen molar-refractivity contribution in [1.29, 1.82) is 0 Å². The first-order chi connectivity index (χ1) is 9.13. The van der Waals surface area contributed by atoms with Crippen LogP contribution < -0.4 is 10.5 Å². The predicted molar refractivity (Wildman–Crippen MR) is 76.5 cm³/mol. The van der Waals surface area contributed by atoms with Gasteiger partial charge in [-0.1, -0.05) is 11.6 Å². The summed E-state index contributed by atoms with van der Waals surface area (Å²) in [7, 11) is 1.63. The first-order valence-electron chi connectivity index (χ1n) is 6.02. The first kappa shape index (κ1) is 13.8. The molecule has 1 heterocycles. The molecule has 0 saturated heterocycles. The van der Waals surface area contributed by atoms with Crippen LogP contribution in [0.15, 0.2) is 24.3 Å². The molecule has 5 heteroatoms. The molecule has 4 nitrogen and oxygen atoms in total. The van der Waals surface area contributed by atoms with Crippen LogP contribution in [0.4, 0.5) is 0 Å². The normalized spacial score (nSPS) is 10.5. The van der Waals surface area contributed by atoms with Crippen molar-refractivity contribution in [2.45, 2.75) is 13.3 Å². The van der Waals surface area contributed by atoms with E-state index in [1.54, 1.807) is 13.2 Å². The van der Waals surface area contributed by atoms with Gasteiger partial charge in [0.1, 0.15) is 11.6 Å². The van der Waals surface area contributed by atoms with Gasteiger partial charge < -0.3 is 10.5 Å². The molecule has 0 amide bonds. The van der Waals surface area contributed by atoms with Gasteiger partial charge in [-0.3, -0.25) is 0 Å². The second kappa shape index (κ2) is 5.99. The third-order valence-corrected chi connectivity index (χ3v) is 2.94. The van der Waals surface area contributed by atoms with Gasteiger partial charge in [0.2, 0.25) is 0 Å². The third kappa shape index (κ3) is 3.22. The van der Waals surface area contributed by atoms with Gasteiger partial charge in [0.25, 0.3) is 0 Å². The Bertz CT molecular complexity index is 587. The maximum atomic E-state index is 6.05. The van der Waals surface area contributed by atoms with Crippen molar-refractivity contribution in [1.82, 2.24) is 9.97 Å². The lowest BCUT2D eigenvalue weighted by atomic mass is 10.1. The maximum Gasteiger partial charge on any atom is 0.130 e. The van der Waals surface area contributed by atoms with Gasteiger partial charge in [-0.15, -0.1) is 0 Å². The Morgan fingerprint density at radius 1 is 1.26 bits per heavy atom. The van der Waals surface area contributed by atoms with Crippen molar-refractivity contribution in [3.05, 3.63) is 40.8 Å². The molecule has 0 aliphatic rings. The van der Waals surface area contributed by atoms with Crippen LogP contribution in [0.25, 0.3) is 11.3 Å². The second-order valence-corrected chi connectivity index (χ2v) is 4.63. The smallest absolute Gasteiger partial charge is 0.130 e. The highest BCUT2D eigenvalue weighted by molar-refractivity contribution is 6.30. The predicted octanol–water partition coefficient (Wildman–Crippen LogP) is 2.62. The van der Waals surface area contributed by atoms with Crippen molar-refractivity contribution in [2.75, 3.05) is 13.7 Å². The number of benzene rings is 1. The average Bonchev–Trinajstić information content (AvgIpc) is 2.38. The number of hydrogen-bond acceptors (Lipinski definition) is 4. The van der Waals surface area contributed by atoms with E-state index >= 15 is 0 Å². The zero-order valence-corrected chi connectivity index (χ0v) is 11.7. The quantitative estimate of drug-likeness (QED) is 0.933. The lowest BCUT2D eigenvalue weighted by molar-refractivity contribution is 0.416. The number of methoxy groups -OCH3 is 1. The summed E-state index contributed by atoms with van der Waals surface area (Å²) in [6.07, 6.45) is 0.650. The molecule has 2 aromatic rings. The molecule has 0 unspecified atom stereocenters. The lowest BCUT2D eigenvalue weighted by Crippen LogP contribution is -2.08. The molecule has 0 saturated carbocycles. The molecule has 0 aliphatic carbocycles. The molecule has 0 spiro atoms. The van der Waals surface area contributed by atoms with E-state index in [-0.39, 0.29) is 0 Å². The summed E-state index contributed by atoms with van der Waals surface area (Å²) in [6.45, 7) is 2.46. The third-order valence-electron chi connectivity index (χ3n) is 2.71. The van der Waals surface area contributed by atoms with E-state index in [2.05, 4.69) is 9.97 Å². The van der Waals surface area contributed by atoms with Crippen LogP contribution in [-0.2, 0) is 6.42 Å². The topological polar surface area (TPSA) is 61.0 Å². The Kier molecular flexibility index (Phi) is 4.35. The Morgan fingerprint density at radius 3 is 2.74 bits per heavy atom. The molecule has 0 fully saturated rings. The summed E-state index contributed by atoms with van der Waals surface area (Å²) in [5.74, 6) is 1.47. The fourth-order valence-corrected chi connectivity index (χ4v) is 2.06. The van der Waals surface area contributed by atoms with Crippen LogP contribution in [0.5, 0.6) is 5.75 Å². The van der Waals surface area contributed by atoms with Crippen LogP contribution in [-0.4, -0.2) is 23.6 Å². The van der Waals surface area contributed by atoms with Gasteiger partial charge in [-0.2, -0.15) is 0 Å². The monoisotopic (exact) mass is 277 g/mol. The number of aromatic nitrogens is 2. The molecule has 1 aromatic carbocycles. The van der Waals surface area contributed by atoms with Gasteiger partial charge in [0.05, 0.1) is 12.8 Å². The Balaban J connectivity index is 2.54. The van der Waals surface area contributed by atoms with Crippen LogP contribution in [0.3, 0.4) is 0 Å². The van der Waals surface area contributed by atoms with Crippen LogP contribution in [0.2, 0.25) is 5.02 Å². The number of ether oxygens (including phenoxy) is 1. The Hall–Kier alpha value is -1.65. The highest BCUT2D eigenvalue weighted by Gasteiger charge is 2.10. The fraction of sp³-hybridized carbons (Fsp3) is 0.286. The minimum atomic E-state index is 0.523. The molecule has 1 aromatic heterocycles. The summed E-state index contributed by atoms with van der Waals surface area (Å²) in [5, 5.41) is 0.646. The highest BCUT2D eigenvalue weighted by atomic mass is 35.5. The van der Waals surface area contributed by atoms with E-state index in [9.17, 15) is 0 Å². The number of hydrogen-bond donors (Lipinski definition) is 1. The Labute approximate surface area is 117 Å². The molecule has 2 N–H and O–H groups in total. The van der Waals surface area contributed by atoms with Crippen LogP contribution >= 0.6 is 11.6 Å². The van der Waals surface area contributed by atoms with E-state index < -0.39 is 0 Å².